The number of aryl methyl sites for hydroxylation is 2. The molecule has 1 heterocycles. The van der Waals surface area contributed by atoms with Crippen molar-refractivity contribution in [1.82, 2.24) is 4.98 Å². The highest BCUT2D eigenvalue weighted by molar-refractivity contribution is 4.77. The van der Waals surface area contributed by atoms with Gasteiger partial charge in [0.05, 0.1) is 6.54 Å². The van der Waals surface area contributed by atoms with E-state index in [0.29, 0.717) is 0 Å². The first-order valence-electron chi connectivity index (χ1n) is 13.8. The van der Waals surface area contributed by atoms with Crippen molar-refractivity contribution in [2.75, 3.05) is 0 Å². The van der Waals surface area contributed by atoms with Crippen molar-refractivity contribution >= 4 is 0 Å². The number of imidazole rings is 1. The summed E-state index contributed by atoms with van der Waals surface area (Å²) >= 11 is 0. The van der Waals surface area contributed by atoms with E-state index in [0.717, 1.165) is 5.92 Å². The fourth-order valence-electron chi connectivity index (χ4n) is 4.50. The van der Waals surface area contributed by atoms with Crippen molar-refractivity contribution in [3.63, 3.8) is 0 Å². The Morgan fingerprint density at radius 1 is 0.667 bits per heavy atom. The smallest absolute Gasteiger partial charge is 0.248 e. The normalized spacial score (nSPS) is 11.6. The van der Waals surface area contributed by atoms with Gasteiger partial charge in [-0.3, -0.25) is 0 Å². The molecule has 1 aromatic rings. The molecule has 0 bridgehead atoms. The Kier molecular flexibility index (Phi) is 18.3. The van der Waals surface area contributed by atoms with Crippen LogP contribution in [0.1, 0.15) is 149 Å². The number of aromatic nitrogens is 2. The van der Waals surface area contributed by atoms with Gasteiger partial charge in [0.25, 0.3) is 5.82 Å². The van der Waals surface area contributed by atoms with Gasteiger partial charge in [0.15, 0.2) is 0 Å². The average molecular weight is 420 g/mol. The lowest BCUT2D eigenvalue weighted by molar-refractivity contribution is -0.703. The third-order valence-electron chi connectivity index (χ3n) is 6.55. The Hall–Kier alpha value is -0.790. The summed E-state index contributed by atoms with van der Waals surface area (Å²) in [4.78, 5) is 3.49. The van der Waals surface area contributed by atoms with Gasteiger partial charge in [0, 0.05) is 6.42 Å². The lowest BCUT2D eigenvalue weighted by Gasteiger charge is -2.05. The van der Waals surface area contributed by atoms with Crippen LogP contribution in [0, 0.1) is 5.92 Å². The molecule has 0 aliphatic carbocycles. The second-order valence-corrected chi connectivity index (χ2v) is 10.0. The molecule has 0 aliphatic rings. The Morgan fingerprint density at radius 2 is 1.17 bits per heavy atom. The van der Waals surface area contributed by atoms with Gasteiger partial charge in [-0.15, -0.1) is 0 Å². The molecule has 0 saturated carbocycles. The predicted molar refractivity (Wildman–Crippen MR) is 133 cm³/mol. The lowest BCUT2D eigenvalue weighted by atomic mass is 10.0. The maximum atomic E-state index is 3.49. The summed E-state index contributed by atoms with van der Waals surface area (Å²) in [6.45, 7) is 8.17. The monoisotopic (exact) mass is 419 g/mol. The fourth-order valence-corrected chi connectivity index (χ4v) is 4.50. The molecule has 0 radical (unpaired) electrons. The highest BCUT2D eigenvalue weighted by Crippen LogP contribution is 2.14. The van der Waals surface area contributed by atoms with E-state index in [4.69, 9.17) is 0 Å². The van der Waals surface area contributed by atoms with Crippen molar-refractivity contribution < 1.29 is 4.57 Å². The molecular weight excluding hydrogens is 364 g/mol. The molecule has 176 valence electrons. The predicted octanol–water partition coefficient (Wildman–Crippen LogP) is 8.93. The molecule has 0 fully saturated rings. The standard InChI is InChI=1S/C28H54N2/c1-4-5-6-7-8-12-15-18-21-25-30-26-24-29-28(30)23-20-17-14-11-9-10-13-16-19-22-27(2)3/h24,26-27H,4-23,25H2,1-3H3/p+1. The first-order valence-corrected chi connectivity index (χ1v) is 13.8. The number of hydrogen-bond acceptors (Lipinski definition) is 0. The van der Waals surface area contributed by atoms with Crippen molar-refractivity contribution in [3.05, 3.63) is 18.2 Å². The first-order chi connectivity index (χ1) is 14.7. The quantitative estimate of drug-likeness (QED) is 0.143. The Labute approximate surface area is 189 Å². The number of hydrogen-bond donors (Lipinski definition) is 1. The van der Waals surface area contributed by atoms with E-state index in [2.05, 4.69) is 42.7 Å². The Balaban J connectivity index is 1.92. The SMILES string of the molecule is CCCCCCCCCCC[n+]1cc[nH]c1CCCCCCCCCCCC(C)C. The molecule has 2 nitrogen and oxygen atoms in total. The number of H-pyrrole nitrogens is 1. The second kappa shape index (κ2) is 20.1. The van der Waals surface area contributed by atoms with E-state index in [9.17, 15) is 0 Å². The zero-order valence-electron chi connectivity index (χ0n) is 21.0. The Bertz CT molecular complexity index is 463. The van der Waals surface area contributed by atoms with Crippen LogP contribution < -0.4 is 4.57 Å². The molecule has 1 aromatic heterocycles. The third kappa shape index (κ3) is 16.0. The van der Waals surface area contributed by atoms with Gasteiger partial charge < -0.3 is 0 Å². The van der Waals surface area contributed by atoms with Gasteiger partial charge in [-0.1, -0.05) is 124 Å². The van der Waals surface area contributed by atoms with Gasteiger partial charge in [-0.2, -0.15) is 0 Å². The number of aromatic amines is 1. The number of unbranched alkanes of at least 4 members (excludes halogenated alkanes) is 16. The van der Waals surface area contributed by atoms with E-state index in [1.165, 1.54) is 141 Å². The van der Waals surface area contributed by atoms with Crippen molar-refractivity contribution in [1.29, 1.82) is 0 Å². The van der Waals surface area contributed by atoms with Crippen LogP contribution in [-0.2, 0) is 13.0 Å². The third-order valence-corrected chi connectivity index (χ3v) is 6.55. The summed E-state index contributed by atoms with van der Waals surface area (Å²) in [5.74, 6) is 2.33. The van der Waals surface area contributed by atoms with Crippen LogP contribution >= 0.6 is 0 Å². The summed E-state index contributed by atoms with van der Waals surface area (Å²) in [6, 6.07) is 0. The molecule has 1 rings (SSSR count). The number of nitrogens with one attached hydrogen (secondary N) is 1. The number of rotatable bonds is 22. The topological polar surface area (TPSA) is 19.7 Å². The maximum Gasteiger partial charge on any atom is 0.254 e. The van der Waals surface area contributed by atoms with Crippen LogP contribution in [0.5, 0.6) is 0 Å². The minimum Gasteiger partial charge on any atom is -0.248 e. The van der Waals surface area contributed by atoms with Crippen molar-refractivity contribution in [2.24, 2.45) is 5.92 Å². The molecule has 0 unspecified atom stereocenters. The molecule has 0 atom stereocenters. The van der Waals surface area contributed by atoms with Crippen LogP contribution in [0.4, 0.5) is 0 Å². The van der Waals surface area contributed by atoms with E-state index in [-0.39, 0.29) is 0 Å². The summed E-state index contributed by atoms with van der Waals surface area (Å²) in [7, 11) is 0. The van der Waals surface area contributed by atoms with E-state index in [1.807, 2.05) is 0 Å². The van der Waals surface area contributed by atoms with Crippen molar-refractivity contribution in [3.8, 4) is 0 Å². The molecule has 0 aromatic carbocycles. The molecular formula is C28H55N2+. The minimum absolute atomic E-state index is 0.883. The Morgan fingerprint density at radius 3 is 1.73 bits per heavy atom. The highest BCUT2D eigenvalue weighted by Gasteiger charge is 2.09. The summed E-state index contributed by atoms with van der Waals surface area (Å²) in [5, 5.41) is 0. The largest absolute Gasteiger partial charge is 0.254 e. The first kappa shape index (κ1) is 27.2. The lowest BCUT2D eigenvalue weighted by Crippen LogP contribution is -2.36. The molecule has 30 heavy (non-hydrogen) atoms. The van der Waals surface area contributed by atoms with Gasteiger partial charge in [-0.05, 0) is 25.2 Å². The second-order valence-electron chi connectivity index (χ2n) is 10.0. The fraction of sp³-hybridized carbons (Fsp3) is 0.893. The molecule has 0 spiro atoms. The highest BCUT2D eigenvalue weighted by atomic mass is 15.1. The van der Waals surface area contributed by atoms with Gasteiger partial charge in [0.1, 0.15) is 12.4 Å². The van der Waals surface area contributed by atoms with Gasteiger partial charge in [0.2, 0.25) is 0 Å². The molecule has 0 amide bonds. The summed E-state index contributed by atoms with van der Waals surface area (Å²) in [6.07, 6.45) is 32.5. The zero-order valence-corrected chi connectivity index (χ0v) is 21.0. The van der Waals surface area contributed by atoms with Crippen LogP contribution in [0.3, 0.4) is 0 Å². The zero-order chi connectivity index (χ0) is 21.7. The van der Waals surface area contributed by atoms with Crippen LogP contribution in [0.2, 0.25) is 0 Å². The van der Waals surface area contributed by atoms with E-state index in [1.54, 1.807) is 0 Å². The van der Waals surface area contributed by atoms with Crippen LogP contribution in [0.15, 0.2) is 12.4 Å². The number of nitrogens with zero attached hydrogens (tertiary/aromatic N) is 1. The van der Waals surface area contributed by atoms with Crippen LogP contribution in [-0.4, -0.2) is 4.98 Å². The molecule has 2 heteroatoms. The molecule has 0 aliphatic heterocycles. The van der Waals surface area contributed by atoms with Crippen molar-refractivity contribution in [2.45, 2.75) is 156 Å². The van der Waals surface area contributed by atoms with Gasteiger partial charge in [-0.25, -0.2) is 9.55 Å². The van der Waals surface area contributed by atoms with E-state index >= 15 is 0 Å². The minimum atomic E-state index is 0.883. The molecule has 1 N–H and O–H groups in total. The molecule has 0 saturated heterocycles. The van der Waals surface area contributed by atoms with Gasteiger partial charge >= 0.3 is 0 Å². The maximum absolute atomic E-state index is 3.49. The summed E-state index contributed by atoms with van der Waals surface area (Å²) < 4.78 is 2.47. The van der Waals surface area contributed by atoms with E-state index < -0.39 is 0 Å². The van der Waals surface area contributed by atoms with Crippen LogP contribution in [0.25, 0.3) is 0 Å². The summed E-state index contributed by atoms with van der Waals surface area (Å²) in [5.41, 5.74) is 0. The average Bonchev–Trinajstić information content (AvgIpc) is 3.17.